The highest BCUT2D eigenvalue weighted by molar-refractivity contribution is 6.05. The molecule has 0 aliphatic carbocycles. The van der Waals surface area contributed by atoms with Gasteiger partial charge in [0, 0.05) is 12.7 Å². The Hall–Kier alpha value is -2.04. The second kappa shape index (κ2) is 4.99. The Balaban J connectivity index is 2.69. The Labute approximate surface area is 87.8 Å². The number of carbonyl (C=O) groups excluding carboxylic acids is 1. The first kappa shape index (κ1) is 11.0. The van der Waals surface area contributed by atoms with Gasteiger partial charge in [0.05, 0.1) is 6.42 Å². The van der Waals surface area contributed by atoms with E-state index < -0.39 is 0 Å². The van der Waals surface area contributed by atoms with Gasteiger partial charge in [-0.1, -0.05) is 23.4 Å². The molecule has 0 saturated heterocycles. The summed E-state index contributed by atoms with van der Waals surface area (Å²) in [6.45, 7) is 0. The quantitative estimate of drug-likeness (QED) is 0.333. The monoisotopic (exact) mass is 207 g/mol. The molecule has 1 rings (SSSR count). The number of hydrogen-bond acceptors (Lipinski definition) is 3. The van der Waals surface area contributed by atoms with Gasteiger partial charge in [-0.2, -0.15) is 0 Å². The number of oxime groups is 1. The molecule has 80 valence electrons. The number of hydrogen-bond donors (Lipinski definition) is 2. The van der Waals surface area contributed by atoms with E-state index in [-0.39, 0.29) is 18.2 Å². The first-order chi connectivity index (χ1) is 7.15. The molecule has 3 N–H and O–H groups in total. The highest BCUT2D eigenvalue weighted by Crippen LogP contribution is 2.11. The van der Waals surface area contributed by atoms with Gasteiger partial charge in [-0.25, -0.2) is 0 Å². The van der Waals surface area contributed by atoms with Crippen LogP contribution in [-0.2, 0) is 4.79 Å². The zero-order valence-corrected chi connectivity index (χ0v) is 8.42. The molecule has 0 saturated carbocycles. The van der Waals surface area contributed by atoms with Crippen LogP contribution in [0.1, 0.15) is 6.42 Å². The number of nitrogens with two attached hydrogens (primary N) is 1. The summed E-state index contributed by atoms with van der Waals surface area (Å²) in [5.41, 5.74) is 6.01. The fraction of sp³-hybridized carbons (Fsp3) is 0.200. The van der Waals surface area contributed by atoms with Crippen LogP contribution in [0.4, 0.5) is 5.69 Å². The lowest BCUT2D eigenvalue weighted by atomic mass is 10.2. The van der Waals surface area contributed by atoms with Crippen molar-refractivity contribution in [1.29, 1.82) is 0 Å². The van der Waals surface area contributed by atoms with Crippen molar-refractivity contribution in [1.82, 2.24) is 0 Å². The Bertz CT molecular complexity index is 362. The van der Waals surface area contributed by atoms with Crippen LogP contribution in [0.5, 0.6) is 0 Å². The Kier molecular flexibility index (Phi) is 3.68. The largest absolute Gasteiger partial charge is 0.409 e. The van der Waals surface area contributed by atoms with Crippen molar-refractivity contribution in [3.63, 3.8) is 0 Å². The Morgan fingerprint density at radius 1 is 1.47 bits per heavy atom. The topological polar surface area (TPSA) is 78.9 Å². The molecule has 0 atom stereocenters. The lowest BCUT2D eigenvalue weighted by Gasteiger charge is -2.16. The summed E-state index contributed by atoms with van der Waals surface area (Å²) in [6, 6.07) is 9.16. The molecule has 0 bridgehead atoms. The van der Waals surface area contributed by atoms with E-state index in [1.54, 1.807) is 7.05 Å². The molecule has 0 fully saturated rings. The predicted octanol–water partition coefficient (Wildman–Crippen LogP) is 0.786. The standard InChI is InChI=1S/C10H13N3O2/c1-13(8-5-3-2-4-6-8)10(14)7-9(11)12-15/h2-6,15H,7H2,1H3,(H2,11,12). The maximum absolute atomic E-state index is 11.6. The van der Waals surface area contributed by atoms with Crippen LogP contribution in [0.15, 0.2) is 35.5 Å². The molecule has 1 aromatic carbocycles. The van der Waals surface area contributed by atoms with Gasteiger partial charge in [-0.3, -0.25) is 4.79 Å². The normalized spacial score (nSPS) is 11.1. The molecule has 0 radical (unpaired) electrons. The second-order valence-corrected chi connectivity index (χ2v) is 3.06. The van der Waals surface area contributed by atoms with Crippen molar-refractivity contribution in [2.24, 2.45) is 10.9 Å². The molecule has 5 heteroatoms. The van der Waals surface area contributed by atoms with Crippen LogP contribution in [0.3, 0.4) is 0 Å². The van der Waals surface area contributed by atoms with Gasteiger partial charge in [0.1, 0.15) is 5.84 Å². The van der Waals surface area contributed by atoms with Crippen LogP contribution < -0.4 is 10.6 Å². The molecule has 0 spiro atoms. The van der Waals surface area contributed by atoms with Crippen LogP contribution in [0.25, 0.3) is 0 Å². The molecule has 15 heavy (non-hydrogen) atoms. The van der Waals surface area contributed by atoms with E-state index in [1.165, 1.54) is 4.90 Å². The third-order valence-corrected chi connectivity index (χ3v) is 1.98. The van der Waals surface area contributed by atoms with Crippen molar-refractivity contribution in [2.75, 3.05) is 11.9 Å². The van der Waals surface area contributed by atoms with Crippen molar-refractivity contribution in [2.45, 2.75) is 6.42 Å². The number of amides is 1. The lowest BCUT2D eigenvalue weighted by molar-refractivity contribution is -0.117. The number of nitrogens with zero attached hydrogens (tertiary/aromatic N) is 2. The second-order valence-electron chi connectivity index (χ2n) is 3.06. The van der Waals surface area contributed by atoms with E-state index in [2.05, 4.69) is 5.16 Å². The SMILES string of the molecule is CN(C(=O)C/C(N)=N/O)c1ccccc1. The number of anilines is 1. The van der Waals surface area contributed by atoms with E-state index in [0.717, 1.165) is 5.69 Å². The van der Waals surface area contributed by atoms with E-state index in [4.69, 9.17) is 10.9 Å². The first-order valence-corrected chi connectivity index (χ1v) is 4.43. The summed E-state index contributed by atoms with van der Waals surface area (Å²) in [5, 5.41) is 11.1. The predicted molar refractivity (Wildman–Crippen MR) is 57.9 cm³/mol. The van der Waals surface area contributed by atoms with Crippen molar-refractivity contribution in [3.05, 3.63) is 30.3 Å². The molecule has 1 amide bonds. The third-order valence-electron chi connectivity index (χ3n) is 1.98. The highest BCUT2D eigenvalue weighted by atomic mass is 16.4. The molecule has 0 aliphatic heterocycles. The van der Waals surface area contributed by atoms with E-state index in [1.807, 2.05) is 30.3 Å². The molecule has 0 aliphatic rings. The molecule has 0 heterocycles. The number of rotatable bonds is 3. The molecule has 1 aromatic rings. The van der Waals surface area contributed by atoms with E-state index in [9.17, 15) is 4.79 Å². The lowest BCUT2D eigenvalue weighted by Crippen LogP contribution is -2.30. The molecule has 0 unspecified atom stereocenters. The van der Waals surface area contributed by atoms with Gasteiger partial charge in [-0.05, 0) is 12.1 Å². The summed E-state index contributed by atoms with van der Waals surface area (Å²) in [7, 11) is 1.64. The zero-order valence-electron chi connectivity index (χ0n) is 8.42. The first-order valence-electron chi connectivity index (χ1n) is 4.43. The van der Waals surface area contributed by atoms with Crippen molar-refractivity contribution >= 4 is 17.4 Å². The van der Waals surface area contributed by atoms with Crippen LogP contribution >= 0.6 is 0 Å². The number of carbonyl (C=O) groups is 1. The fourth-order valence-electron chi connectivity index (χ4n) is 1.10. The average Bonchev–Trinajstić information content (AvgIpc) is 2.29. The third kappa shape index (κ3) is 2.98. The maximum Gasteiger partial charge on any atom is 0.234 e. The van der Waals surface area contributed by atoms with Crippen molar-refractivity contribution in [3.8, 4) is 0 Å². The fourth-order valence-corrected chi connectivity index (χ4v) is 1.10. The van der Waals surface area contributed by atoms with Gasteiger partial charge in [0.15, 0.2) is 0 Å². The smallest absolute Gasteiger partial charge is 0.234 e. The zero-order chi connectivity index (χ0) is 11.3. The summed E-state index contributed by atoms with van der Waals surface area (Å²) < 4.78 is 0. The Morgan fingerprint density at radius 3 is 2.60 bits per heavy atom. The minimum atomic E-state index is -0.225. The van der Waals surface area contributed by atoms with Gasteiger partial charge in [0.25, 0.3) is 0 Å². The molecular formula is C10H13N3O2. The van der Waals surface area contributed by atoms with Crippen LogP contribution in [0.2, 0.25) is 0 Å². The van der Waals surface area contributed by atoms with Gasteiger partial charge in [0.2, 0.25) is 5.91 Å². The Morgan fingerprint density at radius 2 is 2.07 bits per heavy atom. The van der Waals surface area contributed by atoms with Crippen LogP contribution in [-0.4, -0.2) is 24.0 Å². The van der Waals surface area contributed by atoms with E-state index >= 15 is 0 Å². The van der Waals surface area contributed by atoms with E-state index in [0.29, 0.717) is 0 Å². The summed E-state index contributed by atoms with van der Waals surface area (Å²) in [6.07, 6.45) is -0.0953. The van der Waals surface area contributed by atoms with Crippen LogP contribution in [0, 0.1) is 0 Å². The minimum Gasteiger partial charge on any atom is -0.409 e. The van der Waals surface area contributed by atoms with Gasteiger partial charge < -0.3 is 15.8 Å². The number of para-hydroxylation sites is 1. The van der Waals surface area contributed by atoms with Gasteiger partial charge in [-0.15, -0.1) is 0 Å². The summed E-state index contributed by atoms with van der Waals surface area (Å²) in [4.78, 5) is 13.0. The molecular weight excluding hydrogens is 194 g/mol. The number of amidine groups is 1. The average molecular weight is 207 g/mol. The maximum atomic E-state index is 11.6. The summed E-state index contributed by atoms with van der Waals surface area (Å²) >= 11 is 0. The summed E-state index contributed by atoms with van der Waals surface area (Å²) in [5.74, 6) is -0.320. The van der Waals surface area contributed by atoms with Crippen molar-refractivity contribution < 1.29 is 10.0 Å². The minimum absolute atomic E-state index is 0.0946. The van der Waals surface area contributed by atoms with Gasteiger partial charge >= 0.3 is 0 Å². The highest BCUT2D eigenvalue weighted by Gasteiger charge is 2.11. The molecule has 5 nitrogen and oxygen atoms in total. The number of benzene rings is 1. The molecule has 0 aromatic heterocycles.